The lowest BCUT2D eigenvalue weighted by molar-refractivity contribution is 0.0691. The molecule has 0 saturated carbocycles. The summed E-state index contributed by atoms with van der Waals surface area (Å²) in [4.78, 5) is 14.8. The Hall–Kier alpha value is -2.27. The Bertz CT molecular complexity index is 757. The first-order chi connectivity index (χ1) is 9.17. The molecular formula is C14H11NO3S. The third kappa shape index (κ3) is 2.08. The number of benzene rings is 1. The number of hydrogen-bond donors (Lipinski definition) is 2. The number of nitrogens with one attached hydrogen (secondary N) is 1. The van der Waals surface area contributed by atoms with Gasteiger partial charge in [-0.3, -0.25) is 0 Å². The van der Waals surface area contributed by atoms with Gasteiger partial charge in [-0.05, 0) is 41.8 Å². The number of aromatic carboxylic acids is 1. The van der Waals surface area contributed by atoms with Gasteiger partial charge < -0.3 is 14.8 Å². The Labute approximate surface area is 113 Å². The van der Waals surface area contributed by atoms with E-state index in [0.29, 0.717) is 0 Å². The van der Waals surface area contributed by atoms with Crippen molar-refractivity contribution in [2.75, 3.05) is 7.11 Å². The molecule has 0 radical (unpaired) electrons. The minimum atomic E-state index is -0.950. The number of carbonyl (C=O) groups is 1. The summed E-state index contributed by atoms with van der Waals surface area (Å²) in [7, 11) is 1.64. The highest BCUT2D eigenvalue weighted by Crippen LogP contribution is 2.34. The molecule has 1 aromatic carbocycles. The maximum atomic E-state index is 10.9. The number of thiophene rings is 1. The normalized spacial score (nSPS) is 10.8. The van der Waals surface area contributed by atoms with Crippen molar-refractivity contribution >= 4 is 27.4 Å². The number of ether oxygens (including phenoxy) is 1. The van der Waals surface area contributed by atoms with Crippen molar-refractivity contribution < 1.29 is 14.6 Å². The third-order valence-electron chi connectivity index (χ3n) is 2.91. The monoisotopic (exact) mass is 273 g/mol. The summed E-state index contributed by atoms with van der Waals surface area (Å²) in [6.07, 6.45) is 0. The van der Waals surface area contributed by atoms with Crippen LogP contribution in [0.15, 0.2) is 36.4 Å². The molecule has 2 heterocycles. The fourth-order valence-corrected chi connectivity index (χ4v) is 2.97. The molecular weight excluding hydrogens is 262 g/mol. The van der Waals surface area contributed by atoms with Gasteiger partial charge in [0.15, 0.2) is 0 Å². The fourth-order valence-electron chi connectivity index (χ4n) is 1.94. The second-order valence-electron chi connectivity index (χ2n) is 4.11. The van der Waals surface area contributed by atoms with Gasteiger partial charge in [-0.2, -0.15) is 0 Å². The molecule has 0 aliphatic rings. The van der Waals surface area contributed by atoms with Crippen LogP contribution in [0, 0.1) is 0 Å². The summed E-state index contributed by atoms with van der Waals surface area (Å²) in [5.74, 6) is -0.136. The number of carboxylic acids is 1. The van der Waals surface area contributed by atoms with Crippen LogP contribution in [0.2, 0.25) is 0 Å². The van der Waals surface area contributed by atoms with Crippen molar-refractivity contribution in [1.82, 2.24) is 4.98 Å². The lowest BCUT2D eigenvalue weighted by atomic mass is 10.2. The molecule has 0 unspecified atom stereocenters. The van der Waals surface area contributed by atoms with E-state index in [1.807, 2.05) is 24.3 Å². The van der Waals surface area contributed by atoms with E-state index in [2.05, 4.69) is 4.98 Å². The predicted octanol–water partition coefficient (Wildman–Crippen LogP) is 3.60. The van der Waals surface area contributed by atoms with E-state index >= 15 is 0 Å². The van der Waals surface area contributed by atoms with Gasteiger partial charge >= 0.3 is 5.97 Å². The first-order valence-electron chi connectivity index (χ1n) is 5.67. The van der Waals surface area contributed by atoms with Crippen molar-refractivity contribution in [2.45, 2.75) is 0 Å². The largest absolute Gasteiger partial charge is 0.497 e. The van der Waals surface area contributed by atoms with Crippen LogP contribution in [0.5, 0.6) is 5.75 Å². The Morgan fingerprint density at radius 1 is 1.26 bits per heavy atom. The Balaban J connectivity index is 2.06. The minimum Gasteiger partial charge on any atom is -0.497 e. The highest BCUT2D eigenvalue weighted by Gasteiger charge is 2.10. The van der Waals surface area contributed by atoms with Crippen LogP contribution in [0.25, 0.3) is 20.7 Å². The number of fused-ring (bicyclic) bond motifs is 1. The molecule has 4 nitrogen and oxygen atoms in total. The number of aromatic amines is 1. The van der Waals surface area contributed by atoms with E-state index in [-0.39, 0.29) is 5.69 Å². The number of hydrogen-bond acceptors (Lipinski definition) is 3. The molecule has 19 heavy (non-hydrogen) atoms. The standard InChI is InChI=1S/C14H11NO3S/c1-18-9-2-5-12-8(6-9)7-13(19-12)10-3-4-11(15-10)14(16)17/h2-7,15H,1H3,(H,16,17). The minimum absolute atomic E-state index is 0.199. The zero-order valence-electron chi connectivity index (χ0n) is 10.1. The summed E-state index contributed by atoms with van der Waals surface area (Å²) in [6.45, 7) is 0. The molecule has 0 bridgehead atoms. The summed E-state index contributed by atoms with van der Waals surface area (Å²) in [5.41, 5.74) is 1.02. The van der Waals surface area contributed by atoms with Gasteiger partial charge in [0.05, 0.1) is 17.7 Å². The van der Waals surface area contributed by atoms with Gasteiger partial charge in [0.2, 0.25) is 0 Å². The van der Waals surface area contributed by atoms with E-state index in [1.54, 1.807) is 30.6 Å². The molecule has 0 spiro atoms. The zero-order chi connectivity index (χ0) is 13.4. The lowest BCUT2D eigenvalue weighted by Crippen LogP contribution is -1.95. The van der Waals surface area contributed by atoms with Gasteiger partial charge in [-0.25, -0.2) is 4.79 Å². The Morgan fingerprint density at radius 3 is 2.79 bits per heavy atom. The van der Waals surface area contributed by atoms with Crippen LogP contribution in [0.3, 0.4) is 0 Å². The van der Waals surface area contributed by atoms with Crippen LogP contribution in [-0.2, 0) is 0 Å². The van der Waals surface area contributed by atoms with Crippen molar-refractivity contribution in [3.8, 4) is 16.3 Å². The van der Waals surface area contributed by atoms with E-state index < -0.39 is 5.97 Å². The smallest absolute Gasteiger partial charge is 0.352 e. The van der Waals surface area contributed by atoms with Crippen LogP contribution in [0.4, 0.5) is 0 Å². The van der Waals surface area contributed by atoms with Gasteiger partial charge in [0.25, 0.3) is 0 Å². The topological polar surface area (TPSA) is 62.3 Å². The summed E-state index contributed by atoms with van der Waals surface area (Å²) >= 11 is 1.61. The molecule has 0 aliphatic heterocycles. The molecule has 0 fully saturated rings. The first-order valence-corrected chi connectivity index (χ1v) is 6.49. The maximum absolute atomic E-state index is 10.9. The molecule has 3 rings (SSSR count). The van der Waals surface area contributed by atoms with Crippen LogP contribution < -0.4 is 4.74 Å². The quantitative estimate of drug-likeness (QED) is 0.766. The number of carboxylic acid groups (broad SMARTS) is 1. The van der Waals surface area contributed by atoms with E-state index in [9.17, 15) is 4.79 Å². The zero-order valence-corrected chi connectivity index (χ0v) is 11.0. The number of H-pyrrole nitrogens is 1. The SMILES string of the molecule is COc1ccc2sc(-c3ccc(C(=O)O)[nH]3)cc2c1. The van der Waals surface area contributed by atoms with E-state index in [0.717, 1.165) is 26.4 Å². The van der Waals surface area contributed by atoms with Crippen LogP contribution in [0.1, 0.15) is 10.5 Å². The third-order valence-corrected chi connectivity index (χ3v) is 4.05. The fraction of sp³-hybridized carbons (Fsp3) is 0.0714. The van der Waals surface area contributed by atoms with Crippen LogP contribution >= 0.6 is 11.3 Å². The Kier molecular flexibility index (Phi) is 2.76. The molecule has 96 valence electrons. The molecule has 0 saturated heterocycles. The second-order valence-corrected chi connectivity index (χ2v) is 5.19. The summed E-state index contributed by atoms with van der Waals surface area (Å²) in [5, 5.41) is 10.00. The molecule has 2 N–H and O–H groups in total. The van der Waals surface area contributed by atoms with E-state index in [1.165, 1.54) is 0 Å². The highest BCUT2D eigenvalue weighted by atomic mass is 32.1. The lowest BCUT2D eigenvalue weighted by Gasteiger charge is -1.97. The van der Waals surface area contributed by atoms with Crippen molar-refractivity contribution in [3.05, 3.63) is 42.1 Å². The molecule has 0 atom stereocenters. The van der Waals surface area contributed by atoms with Gasteiger partial charge in [0.1, 0.15) is 11.4 Å². The molecule has 0 aliphatic carbocycles. The maximum Gasteiger partial charge on any atom is 0.352 e. The Morgan fingerprint density at radius 2 is 2.11 bits per heavy atom. The average molecular weight is 273 g/mol. The van der Waals surface area contributed by atoms with Crippen LogP contribution in [-0.4, -0.2) is 23.2 Å². The number of rotatable bonds is 3. The van der Waals surface area contributed by atoms with Gasteiger partial charge in [-0.15, -0.1) is 11.3 Å². The highest BCUT2D eigenvalue weighted by molar-refractivity contribution is 7.22. The molecule has 0 amide bonds. The van der Waals surface area contributed by atoms with E-state index in [4.69, 9.17) is 9.84 Å². The number of aromatic nitrogens is 1. The van der Waals surface area contributed by atoms with Gasteiger partial charge in [-0.1, -0.05) is 0 Å². The number of methoxy groups -OCH3 is 1. The average Bonchev–Trinajstić information content (AvgIpc) is 3.04. The molecule has 2 aromatic heterocycles. The second kappa shape index (κ2) is 4.44. The first kappa shape index (κ1) is 11.8. The van der Waals surface area contributed by atoms with Crippen molar-refractivity contribution in [3.63, 3.8) is 0 Å². The molecule has 3 aromatic rings. The summed E-state index contributed by atoms with van der Waals surface area (Å²) < 4.78 is 6.33. The summed E-state index contributed by atoms with van der Waals surface area (Å²) in [6, 6.07) is 11.3. The van der Waals surface area contributed by atoms with Gasteiger partial charge in [0, 0.05) is 4.70 Å². The molecule has 5 heteroatoms. The van der Waals surface area contributed by atoms with Crippen molar-refractivity contribution in [2.24, 2.45) is 0 Å². The predicted molar refractivity (Wildman–Crippen MR) is 75.1 cm³/mol. The van der Waals surface area contributed by atoms with Crippen molar-refractivity contribution in [1.29, 1.82) is 0 Å².